The van der Waals surface area contributed by atoms with Crippen LogP contribution < -0.4 is 16.0 Å². The van der Waals surface area contributed by atoms with Gasteiger partial charge in [0.2, 0.25) is 17.7 Å². The lowest BCUT2D eigenvalue weighted by Crippen LogP contribution is -2.52. The molecule has 14 nitrogen and oxygen atoms in total. The third kappa shape index (κ3) is 53.4. The minimum atomic E-state index is -1.19. The molecule has 0 radical (unpaired) electrons. The van der Waals surface area contributed by atoms with Crippen LogP contribution in [-0.4, -0.2) is 95.6 Å². The number of carbonyl (C=O) groups is 7. The summed E-state index contributed by atoms with van der Waals surface area (Å²) in [5.41, 5.74) is -1.61. The zero-order valence-electron chi connectivity index (χ0n) is 54.2. The first kappa shape index (κ1) is 78.6. The summed E-state index contributed by atoms with van der Waals surface area (Å²) in [7, 11) is 0. The minimum absolute atomic E-state index is 0.0771. The van der Waals surface area contributed by atoms with Gasteiger partial charge in [-0.3, -0.25) is 28.8 Å². The van der Waals surface area contributed by atoms with Gasteiger partial charge >= 0.3 is 23.9 Å². The van der Waals surface area contributed by atoms with E-state index in [1.165, 1.54) is 172 Å². The number of nitrogens with one attached hydrogen (secondary N) is 3. The zero-order valence-corrected chi connectivity index (χ0v) is 55.0. The van der Waals surface area contributed by atoms with E-state index in [1.54, 1.807) is 41.5 Å². The van der Waals surface area contributed by atoms with Gasteiger partial charge in [-0.05, 0) is 67.2 Å². The Morgan fingerprint density at radius 2 is 0.756 bits per heavy atom. The topological polar surface area (TPSA) is 192 Å². The molecule has 3 amide bonds. The van der Waals surface area contributed by atoms with Gasteiger partial charge < -0.3 is 34.9 Å². The fourth-order valence-corrected chi connectivity index (χ4v) is 10.8. The van der Waals surface area contributed by atoms with Crippen LogP contribution in [0.4, 0.5) is 0 Å². The third-order valence-corrected chi connectivity index (χ3v) is 15.6. The van der Waals surface area contributed by atoms with Crippen molar-refractivity contribution in [1.82, 2.24) is 16.0 Å². The van der Waals surface area contributed by atoms with Gasteiger partial charge in [-0.25, -0.2) is 4.79 Å². The minimum Gasteiger partial charge on any atom is -0.462 e. The maximum Gasteiger partial charge on any atom is 0.329 e. The van der Waals surface area contributed by atoms with Crippen LogP contribution in [0.15, 0.2) is 0 Å². The molecule has 0 saturated heterocycles. The number of unbranched alkanes of at least 4 members (excludes halogenated alkanes) is 34. The standard InChI is InChI=1S/C67H125N3O11S/c1-10-13-16-19-22-25-28-30-33-36-39-42-45-48-61(73)78-53-56(79-62(74)49-46-43-40-37-34-31-29-26-23-20-17-14-11-2)54-82-55-58(70-59(71)47-44-41-38-35-32-27-24-21-18-15-12-3)64(76)68-52-60(72)69-57(65(77)81-67(7,8)9)50-51-63(75)80-66(4,5)6/h56-58H,10-55H2,1-9H3,(H,68,76)(H,69,72)(H,70,71)/t56-,57-,58+/m1/s1. The molecule has 0 rings (SSSR count). The molecule has 0 aromatic carbocycles. The van der Waals surface area contributed by atoms with Crippen LogP contribution in [0.5, 0.6) is 0 Å². The predicted molar refractivity (Wildman–Crippen MR) is 338 cm³/mol. The van der Waals surface area contributed by atoms with Crippen molar-refractivity contribution < 1.29 is 52.5 Å². The molecule has 0 heterocycles. The maximum atomic E-state index is 13.9. The van der Waals surface area contributed by atoms with E-state index in [-0.39, 0.29) is 68.1 Å². The quantitative estimate of drug-likeness (QED) is 0.0297. The number of hydrogen-bond donors (Lipinski definition) is 3. The summed E-state index contributed by atoms with van der Waals surface area (Å²) >= 11 is 1.28. The highest BCUT2D eigenvalue weighted by Gasteiger charge is 2.30. The van der Waals surface area contributed by atoms with Gasteiger partial charge in [0.25, 0.3) is 0 Å². The second kappa shape index (κ2) is 53.1. The lowest BCUT2D eigenvalue weighted by atomic mass is 10.0. The van der Waals surface area contributed by atoms with Gasteiger partial charge in [0.15, 0.2) is 0 Å². The van der Waals surface area contributed by atoms with E-state index < -0.39 is 59.7 Å². The number of thioether (sulfide) groups is 1. The first-order valence-corrected chi connectivity index (χ1v) is 34.7. The Hall–Kier alpha value is -3.36. The highest BCUT2D eigenvalue weighted by atomic mass is 32.2. The Bertz CT molecular complexity index is 1630. The van der Waals surface area contributed by atoms with Gasteiger partial charge in [0.05, 0.1) is 6.54 Å². The van der Waals surface area contributed by atoms with E-state index >= 15 is 0 Å². The molecule has 3 N–H and O–H groups in total. The van der Waals surface area contributed by atoms with E-state index in [0.717, 1.165) is 64.2 Å². The van der Waals surface area contributed by atoms with Gasteiger partial charge in [-0.2, -0.15) is 11.8 Å². The summed E-state index contributed by atoms with van der Waals surface area (Å²) in [6.45, 7) is 16.4. The van der Waals surface area contributed by atoms with Gasteiger partial charge in [-0.15, -0.1) is 0 Å². The van der Waals surface area contributed by atoms with Gasteiger partial charge in [0.1, 0.15) is 36.0 Å². The molecule has 0 spiro atoms. The molecule has 0 aliphatic rings. The Morgan fingerprint density at radius 3 is 1.16 bits per heavy atom. The van der Waals surface area contributed by atoms with Crippen molar-refractivity contribution in [2.75, 3.05) is 24.7 Å². The van der Waals surface area contributed by atoms with Gasteiger partial charge in [-0.1, -0.05) is 239 Å². The number of hydrogen-bond acceptors (Lipinski definition) is 12. The second-order valence-corrected chi connectivity index (χ2v) is 26.3. The molecule has 0 fully saturated rings. The lowest BCUT2D eigenvalue weighted by molar-refractivity contribution is -0.160. The van der Waals surface area contributed by atoms with Crippen LogP contribution in [0.25, 0.3) is 0 Å². The van der Waals surface area contributed by atoms with Crippen molar-refractivity contribution in [3.63, 3.8) is 0 Å². The summed E-state index contributed by atoms with van der Waals surface area (Å²) in [4.78, 5) is 92.8. The molecule has 0 aromatic heterocycles. The van der Waals surface area contributed by atoms with Crippen molar-refractivity contribution in [1.29, 1.82) is 0 Å². The fourth-order valence-electron chi connectivity index (χ4n) is 9.72. The Kier molecular flexibility index (Phi) is 51.0. The molecule has 0 aromatic rings. The number of ether oxygens (including phenoxy) is 4. The van der Waals surface area contributed by atoms with E-state index in [9.17, 15) is 33.6 Å². The highest BCUT2D eigenvalue weighted by molar-refractivity contribution is 7.99. The van der Waals surface area contributed by atoms with Crippen molar-refractivity contribution in [2.45, 2.75) is 361 Å². The predicted octanol–water partition coefficient (Wildman–Crippen LogP) is 16.4. The van der Waals surface area contributed by atoms with Crippen molar-refractivity contribution in [3.05, 3.63) is 0 Å². The first-order valence-electron chi connectivity index (χ1n) is 33.5. The summed E-state index contributed by atoms with van der Waals surface area (Å²) in [5.74, 6) is -3.30. The average Bonchev–Trinajstić information content (AvgIpc) is 3.41. The summed E-state index contributed by atoms with van der Waals surface area (Å²) in [6.07, 6.45) is 43.4. The Morgan fingerprint density at radius 1 is 0.390 bits per heavy atom. The maximum absolute atomic E-state index is 13.9. The molecular formula is C67H125N3O11S. The summed E-state index contributed by atoms with van der Waals surface area (Å²) in [6, 6.07) is -2.26. The summed E-state index contributed by atoms with van der Waals surface area (Å²) in [5, 5.41) is 8.12. The zero-order chi connectivity index (χ0) is 61.0. The average molecular weight is 1180 g/mol. The van der Waals surface area contributed by atoms with Gasteiger partial charge in [0, 0.05) is 37.2 Å². The van der Waals surface area contributed by atoms with Crippen LogP contribution in [0.3, 0.4) is 0 Å². The van der Waals surface area contributed by atoms with Crippen molar-refractivity contribution in [3.8, 4) is 0 Å². The molecule has 82 heavy (non-hydrogen) atoms. The van der Waals surface area contributed by atoms with Crippen LogP contribution >= 0.6 is 11.8 Å². The fraction of sp³-hybridized carbons (Fsp3) is 0.896. The third-order valence-electron chi connectivity index (χ3n) is 14.5. The normalized spacial score (nSPS) is 12.7. The van der Waals surface area contributed by atoms with Crippen molar-refractivity contribution >= 4 is 53.4 Å². The lowest BCUT2D eigenvalue weighted by Gasteiger charge is -2.25. The Labute approximate surface area is 505 Å². The van der Waals surface area contributed by atoms with Crippen molar-refractivity contribution in [2.24, 2.45) is 0 Å². The first-order chi connectivity index (χ1) is 39.3. The van der Waals surface area contributed by atoms with E-state index in [2.05, 4.69) is 36.7 Å². The largest absolute Gasteiger partial charge is 0.462 e. The van der Waals surface area contributed by atoms with E-state index in [4.69, 9.17) is 18.9 Å². The molecule has 0 saturated carbocycles. The highest BCUT2D eigenvalue weighted by Crippen LogP contribution is 2.19. The molecule has 15 heteroatoms. The van der Waals surface area contributed by atoms with Crippen LogP contribution in [0.2, 0.25) is 0 Å². The van der Waals surface area contributed by atoms with E-state index in [1.807, 2.05) is 0 Å². The molecule has 0 bridgehead atoms. The van der Waals surface area contributed by atoms with Crippen LogP contribution in [0, 0.1) is 0 Å². The van der Waals surface area contributed by atoms with E-state index in [0.29, 0.717) is 12.8 Å². The monoisotopic (exact) mass is 1180 g/mol. The van der Waals surface area contributed by atoms with Crippen LogP contribution in [-0.2, 0) is 52.5 Å². The molecule has 0 aliphatic heterocycles. The number of rotatable bonds is 56. The molecule has 0 unspecified atom stereocenters. The number of carbonyl (C=O) groups excluding carboxylic acids is 7. The smallest absolute Gasteiger partial charge is 0.329 e. The molecule has 480 valence electrons. The second-order valence-electron chi connectivity index (χ2n) is 25.2. The molecular weight excluding hydrogens is 1050 g/mol. The number of esters is 4. The SMILES string of the molecule is CCCCCCCCCCCCCCCC(=O)OC[C@H](CSC[C@H](NC(=O)CCCCCCCCCCCCC)C(=O)NCC(=O)N[C@H](CCC(=O)OC(C)(C)C)C(=O)OC(C)(C)C)OC(=O)CCCCCCCCCCCCCCC. The van der Waals surface area contributed by atoms with Crippen LogP contribution in [0.1, 0.15) is 332 Å². The number of amides is 3. The molecule has 0 aliphatic carbocycles. The summed E-state index contributed by atoms with van der Waals surface area (Å²) < 4.78 is 22.6. The Balaban J connectivity index is 5.79. The molecule has 3 atom stereocenters.